The number of rotatable bonds is 4. The van der Waals surface area contributed by atoms with Crippen LogP contribution in [0.4, 0.5) is 0 Å². The van der Waals surface area contributed by atoms with Crippen molar-refractivity contribution in [2.24, 2.45) is 5.41 Å². The van der Waals surface area contributed by atoms with E-state index < -0.39 is 17.9 Å². The van der Waals surface area contributed by atoms with Crippen molar-refractivity contribution >= 4 is 5.91 Å². The van der Waals surface area contributed by atoms with Crippen LogP contribution in [0.2, 0.25) is 0 Å². The van der Waals surface area contributed by atoms with Gasteiger partial charge in [0.2, 0.25) is 5.91 Å². The van der Waals surface area contributed by atoms with Crippen LogP contribution in [0, 0.1) is 5.41 Å². The average molecular weight is 213 g/mol. The van der Waals surface area contributed by atoms with E-state index in [0.29, 0.717) is 0 Å². The van der Waals surface area contributed by atoms with E-state index in [0.717, 1.165) is 4.90 Å². The van der Waals surface area contributed by atoms with Crippen molar-refractivity contribution in [3.63, 3.8) is 0 Å². The summed E-state index contributed by atoms with van der Waals surface area (Å²) < 4.78 is 0. The molecule has 0 aliphatic rings. The molecule has 0 aromatic heterocycles. The van der Waals surface area contributed by atoms with Crippen molar-refractivity contribution in [3.05, 3.63) is 25.3 Å². The number of carbonyl (C=O) groups excluding carboxylic acids is 1. The van der Waals surface area contributed by atoms with Gasteiger partial charge in [-0.1, -0.05) is 33.9 Å². The minimum atomic E-state index is -1.22. The molecule has 2 unspecified atom stereocenters. The lowest BCUT2D eigenvalue weighted by Crippen LogP contribution is -2.50. The maximum Gasteiger partial charge on any atom is 0.232 e. The molecule has 0 radical (unpaired) electrons. The van der Waals surface area contributed by atoms with Gasteiger partial charge in [-0.2, -0.15) is 0 Å². The lowest BCUT2D eigenvalue weighted by Gasteiger charge is -2.34. The van der Waals surface area contributed by atoms with Gasteiger partial charge in [0.15, 0.2) is 12.5 Å². The van der Waals surface area contributed by atoms with Crippen molar-refractivity contribution < 1.29 is 15.0 Å². The Morgan fingerprint density at radius 2 is 1.53 bits per heavy atom. The first kappa shape index (κ1) is 13.9. The number of nitrogens with zero attached hydrogens (tertiary/aromatic N) is 1. The Morgan fingerprint density at radius 1 is 1.20 bits per heavy atom. The summed E-state index contributed by atoms with van der Waals surface area (Å²) in [5.74, 6) is -0.373. The fourth-order valence-corrected chi connectivity index (χ4v) is 1.01. The lowest BCUT2D eigenvalue weighted by molar-refractivity contribution is -0.159. The van der Waals surface area contributed by atoms with Crippen molar-refractivity contribution in [1.29, 1.82) is 0 Å². The summed E-state index contributed by atoms with van der Waals surface area (Å²) >= 11 is 0. The molecule has 4 nitrogen and oxygen atoms in total. The Morgan fingerprint density at radius 3 is 1.73 bits per heavy atom. The number of hydrogen-bond donors (Lipinski definition) is 2. The molecule has 0 saturated carbocycles. The Labute approximate surface area is 90.5 Å². The van der Waals surface area contributed by atoms with E-state index in [9.17, 15) is 15.0 Å². The van der Waals surface area contributed by atoms with E-state index in [-0.39, 0.29) is 5.91 Å². The molecular weight excluding hydrogens is 194 g/mol. The predicted octanol–water partition coefficient (Wildman–Crippen LogP) is 0.870. The van der Waals surface area contributed by atoms with Crippen LogP contribution in [0.5, 0.6) is 0 Å². The molecule has 4 heteroatoms. The third-order valence-electron chi connectivity index (χ3n) is 1.87. The summed E-state index contributed by atoms with van der Waals surface area (Å²) in [5, 5.41) is 19.1. The molecule has 86 valence electrons. The fourth-order valence-electron chi connectivity index (χ4n) is 1.01. The van der Waals surface area contributed by atoms with E-state index in [1.54, 1.807) is 20.8 Å². The number of hydrogen-bond acceptors (Lipinski definition) is 3. The third-order valence-corrected chi connectivity index (χ3v) is 1.87. The molecule has 0 spiro atoms. The summed E-state index contributed by atoms with van der Waals surface area (Å²) in [6.07, 6.45) is -0.0818. The van der Waals surface area contributed by atoms with E-state index in [1.165, 1.54) is 12.2 Å². The summed E-state index contributed by atoms with van der Waals surface area (Å²) in [6, 6.07) is 0. The first-order valence-corrected chi connectivity index (χ1v) is 4.69. The second-order valence-electron chi connectivity index (χ2n) is 4.26. The summed E-state index contributed by atoms with van der Waals surface area (Å²) in [4.78, 5) is 12.8. The maximum atomic E-state index is 11.9. The quantitative estimate of drug-likeness (QED) is 0.538. The summed E-state index contributed by atoms with van der Waals surface area (Å²) in [6.45, 7) is 11.9. The van der Waals surface area contributed by atoms with Crippen LogP contribution in [0.25, 0.3) is 0 Å². The molecule has 0 rings (SSSR count). The van der Waals surface area contributed by atoms with Gasteiger partial charge < -0.3 is 10.2 Å². The molecule has 0 aromatic rings. The highest BCUT2D eigenvalue weighted by atomic mass is 16.3. The van der Waals surface area contributed by atoms with Gasteiger partial charge >= 0.3 is 0 Å². The zero-order valence-electron chi connectivity index (χ0n) is 9.47. The van der Waals surface area contributed by atoms with Crippen LogP contribution in [-0.2, 0) is 4.79 Å². The highest BCUT2D eigenvalue weighted by Gasteiger charge is 2.33. The highest BCUT2D eigenvalue weighted by Crippen LogP contribution is 2.20. The molecular formula is C11H19NO3. The molecule has 0 heterocycles. The molecule has 0 aliphatic carbocycles. The van der Waals surface area contributed by atoms with E-state index in [2.05, 4.69) is 13.2 Å². The smallest absolute Gasteiger partial charge is 0.232 e. The van der Waals surface area contributed by atoms with Crippen LogP contribution < -0.4 is 0 Å². The topological polar surface area (TPSA) is 60.8 Å². The molecule has 0 bridgehead atoms. The third kappa shape index (κ3) is 3.49. The van der Waals surface area contributed by atoms with E-state index >= 15 is 0 Å². The van der Waals surface area contributed by atoms with E-state index in [4.69, 9.17) is 0 Å². The number of amides is 1. The van der Waals surface area contributed by atoms with Gasteiger partial charge in [-0.25, -0.2) is 0 Å². The van der Waals surface area contributed by atoms with Gasteiger partial charge in [0.05, 0.1) is 0 Å². The molecule has 2 atom stereocenters. The van der Waals surface area contributed by atoms with Gasteiger partial charge in [-0.05, 0) is 12.2 Å². The van der Waals surface area contributed by atoms with Gasteiger partial charge in [-0.3, -0.25) is 9.69 Å². The van der Waals surface area contributed by atoms with Gasteiger partial charge in [0.25, 0.3) is 0 Å². The SMILES string of the molecule is C=CC(O)N(C(=O)C(C)(C)C)C(O)C=C. The molecule has 2 N–H and O–H groups in total. The Balaban J connectivity index is 5.03. The molecule has 15 heavy (non-hydrogen) atoms. The van der Waals surface area contributed by atoms with E-state index in [1.807, 2.05) is 0 Å². The van der Waals surface area contributed by atoms with Gasteiger partial charge in [0.1, 0.15) is 0 Å². The van der Waals surface area contributed by atoms with Crippen LogP contribution in [0.15, 0.2) is 25.3 Å². The molecule has 0 aliphatic heterocycles. The van der Waals surface area contributed by atoms with Crippen LogP contribution in [0.3, 0.4) is 0 Å². The Kier molecular flexibility index (Phi) is 4.71. The number of aliphatic hydroxyl groups is 2. The number of aliphatic hydroxyl groups excluding tert-OH is 2. The second-order valence-corrected chi connectivity index (χ2v) is 4.26. The standard InChI is InChI=1S/C11H19NO3/c1-6-8(13)12(9(14)7-2)10(15)11(3,4)5/h6-9,13-14H,1-2H2,3-5H3. The summed E-state index contributed by atoms with van der Waals surface area (Å²) in [5.41, 5.74) is -0.687. The minimum Gasteiger partial charge on any atom is -0.370 e. The average Bonchev–Trinajstić information content (AvgIpc) is 2.15. The van der Waals surface area contributed by atoms with Gasteiger partial charge in [0, 0.05) is 5.41 Å². The van der Waals surface area contributed by atoms with Crippen molar-refractivity contribution in [1.82, 2.24) is 4.90 Å². The van der Waals surface area contributed by atoms with Crippen LogP contribution >= 0.6 is 0 Å². The first-order valence-electron chi connectivity index (χ1n) is 4.69. The lowest BCUT2D eigenvalue weighted by atomic mass is 9.94. The van der Waals surface area contributed by atoms with Crippen molar-refractivity contribution in [2.45, 2.75) is 33.2 Å². The molecule has 0 aromatic carbocycles. The predicted molar refractivity (Wildman–Crippen MR) is 58.7 cm³/mol. The molecule has 0 saturated heterocycles. The zero-order valence-corrected chi connectivity index (χ0v) is 9.47. The van der Waals surface area contributed by atoms with Gasteiger partial charge in [-0.15, -0.1) is 0 Å². The highest BCUT2D eigenvalue weighted by molar-refractivity contribution is 5.82. The number of carbonyl (C=O) groups is 1. The van der Waals surface area contributed by atoms with Crippen LogP contribution in [0.1, 0.15) is 20.8 Å². The van der Waals surface area contributed by atoms with Crippen molar-refractivity contribution in [3.8, 4) is 0 Å². The Hall–Kier alpha value is -1.13. The largest absolute Gasteiger partial charge is 0.370 e. The first-order chi connectivity index (χ1) is 6.75. The zero-order chi connectivity index (χ0) is 12.2. The maximum absolute atomic E-state index is 11.9. The minimum absolute atomic E-state index is 0.373. The molecule has 1 amide bonds. The summed E-state index contributed by atoms with van der Waals surface area (Å²) in [7, 11) is 0. The van der Waals surface area contributed by atoms with Crippen molar-refractivity contribution in [2.75, 3.05) is 0 Å². The normalized spacial score (nSPS) is 15.3. The Bertz CT molecular complexity index is 241. The monoisotopic (exact) mass is 213 g/mol. The second kappa shape index (κ2) is 5.09. The fraction of sp³-hybridized carbons (Fsp3) is 0.545. The molecule has 0 fully saturated rings. The van der Waals surface area contributed by atoms with Crippen LogP contribution in [-0.4, -0.2) is 33.5 Å².